The van der Waals surface area contributed by atoms with Crippen LogP contribution in [0, 0.1) is 13.8 Å². The van der Waals surface area contributed by atoms with Gasteiger partial charge in [-0.15, -0.1) is 11.3 Å². The number of thiazole rings is 1. The first kappa shape index (κ1) is 20.0. The Labute approximate surface area is 178 Å². The first-order valence-electron chi connectivity index (χ1n) is 9.64. The third kappa shape index (κ3) is 4.16. The summed E-state index contributed by atoms with van der Waals surface area (Å²) in [6.07, 6.45) is 0.204. The Morgan fingerprint density at radius 1 is 1.13 bits per heavy atom. The third-order valence-electron chi connectivity index (χ3n) is 4.97. The highest BCUT2D eigenvalue weighted by Gasteiger charge is 2.15. The number of benzene rings is 2. The molecule has 152 valence electrons. The van der Waals surface area contributed by atoms with Crippen LogP contribution in [0.3, 0.4) is 0 Å². The van der Waals surface area contributed by atoms with E-state index in [9.17, 15) is 9.59 Å². The lowest BCUT2D eigenvalue weighted by Gasteiger charge is -2.16. The molecule has 2 aromatic heterocycles. The topological polar surface area (TPSA) is 79.0 Å². The van der Waals surface area contributed by atoms with Gasteiger partial charge in [-0.25, -0.2) is 9.97 Å². The maximum atomic E-state index is 12.7. The van der Waals surface area contributed by atoms with Crippen LogP contribution in [0.1, 0.15) is 22.6 Å². The predicted octanol–water partition coefficient (Wildman–Crippen LogP) is 3.86. The highest BCUT2D eigenvalue weighted by molar-refractivity contribution is 7.13. The molecule has 2 aromatic carbocycles. The molecule has 0 unspecified atom stereocenters. The molecule has 30 heavy (non-hydrogen) atoms. The summed E-state index contributed by atoms with van der Waals surface area (Å²) in [5.74, 6) is 0.382. The van der Waals surface area contributed by atoms with Crippen LogP contribution >= 0.6 is 11.3 Å². The van der Waals surface area contributed by atoms with Gasteiger partial charge in [0.05, 0.1) is 29.6 Å². The van der Waals surface area contributed by atoms with E-state index >= 15 is 0 Å². The number of carbonyl (C=O) groups excluding carboxylic acids is 1. The molecule has 4 rings (SSSR count). The van der Waals surface area contributed by atoms with E-state index in [1.165, 1.54) is 11.1 Å². The van der Waals surface area contributed by atoms with E-state index in [0.717, 1.165) is 16.3 Å². The van der Waals surface area contributed by atoms with E-state index in [1.807, 2.05) is 11.4 Å². The Kier molecular flexibility index (Phi) is 5.46. The minimum atomic E-state index is -0.200. The fraction of sp³-hybridized carbons (Fsp3) is 0.217. The molecule has 0 aliphatic rings. The van der Waals surface area contributed by atoms with Crippen molar-refractivity contribution >= 4 is 28.1 Å². The summed E-state index contributed by atoms with van der Waals surface area (Å²) in [6, 6.07) is 13.4. The van der Waals surface area contributed by atoms with Gasteiger partial charge in [-0.2, -0.15) is 0 Å². The molecule has 6 nitrogen and oxygen atoms in total. The number of hydrogen-bond donors (Lipinski definition) is 1. The highest BCUT2D eigenvalue weighted by Crippen LogP contribution is 2.27. The highest BCUT2D eigenvalue weighted by atomic mass is 32.1. The van der Waals surface area contributed by atoms with Gasteiger partial charge >= 0.3 is 0 Å². The van der Waals surface area contributed by atoms with Gasteiger partial charge in [-0.1, -0.05) is 35.9 Å². The van der Waals surface area contributed by atoms with Crippen LogP contribution in [0.4, 0.5) is 0 Å². The molecule has 0 bridgehead atoms. The first-order chi connectivity index (χ1) is 14.4. The molecule has 0 aliphatic carbocycles. The molecule has 0 spiro atoms. The number of H-pyrrole nitrogens is 1. The Bertz CT molecular complexity index is 1290. The summed E-state index contributed by atoms with van der Waals surface area (Å²) >= 11 is 1.54. The number of aryl methyl sites for hydroxylation is 2. The van der Waals surface area contributed by atoms with Crippen molar-refractivity contribution in [2.24, 2.45) is 0 Å². The van der Waals surface area contributed by atoms with Crippen LogP contribution < -0.4 is 5.56 Å². The smallest absolute Gasteiger partial charge is 0.258 e. The standard InChI is InChI=1S/C23H22N4O2S/c1-14-8-9-17(15(2)10-14)23-24-16(13-30-23)11-21(28)27(3)12-20-25-19-7-5-4-6-18(19)22(29)26-20/h4-10,13H,11-12H2,1-3H3,(H,25,26,29). The fourth-order valence-electron chi connectivity index (χ4n) is 3.38. The Hall–Kier alpha value is -3.32. The zero-order valence-electron chi connectivity index (χ0n) is 17.1. The summed E-state index contributed by atoms with van der Waals surface area (Å²) in [6.45, 7) is 4.36. The van der Waals surface area contributed by atoms with E-state index < -0.39 is 0 Å². The number of nitrogens with one attached hydrogen (secondary N) is 1. The zero-order valence-corrected chi connectivity index (χ0v) is 17.9. The van der Waals surface area contributed by atoms with Gasteiger partial charge in [-0.05, 0) is 31.5 Å². The summed E-state index contributed by atoms with van der Waals surface area (Å²) in [4.78, 5) is 38.4. The molecule has 4 aromatic rings. The molecule has 2 heterocycles. The fourth-order valence-corrected chi connectivity index (χ4v) is 4.29. The molecule has 0 saturated carbocycles. The molecule has 7 heteroatoms. The van der Waals surface area contributed by atoms with Gasteiger partial charge in [0.25, 0.3) is 5.56 Å². The van der Waals surface area contributed by atoms with E-state index in [1.54, 1.807) is 41.5 Å². The number of para-hydroxylation sites is 1. The van der Waals surface area contributed by atoms with Crippen LogP contribution in [-0.2, 0) is 17.8 Å². The molecule has 0 aliphatic heterocycles. The average Bonchev–Trinajstić information content (AvgIpc) is 3.16. The second-order valence-electron chi connectivity index (χ2n) is 7.42. The molecule has 0 saturated heterocycles. The van der Waals surface area contributed by atoms with Crippen molar-refractivity contribution in [1.82, 2.24) is 19.9 Å². The van der Waals surface area contributed by atoms with Crippen molar-refractivity contribution in [3.05, 3.63) is 80.8 Å². The van der Waals surface area contributed by atoms with Gasteiger partial charge in [-0.3, -0.25) is 9.59 Å². The van der Waals surface area contributed by atoms with Crippen molar-refractivity contribution in [2.75, 3.05) is 7.05 Å². The summed E-state index contributed by atoms with van der Waals surface area (Å²) < 4.78 is 0. The first-order valence-corrected chi connectivity index (χ1v) is 10.5. The van der Waals surface area contributed by atoms with E-state index in [0.29, 0.717) is 16.7 Å². The van der Waals surface area contributed by atoms with Crippen LogP contribution in [0.5, 0.6) is 0 Å². The summed E-state index contributed by atoms with van der Waals surface area (Å²) in [7, 11) is 1.70. The number of hydrogen-bond acceptors (Lipinski definition) is 5. The normalized spacial score (nSPS) is 11.0. The second kappa shape index (κ2) is 8.20. The van der Waals surface area contributed by atoms with E-state index in [-0.39, 0.29) is 24.4 Å². The largest absolute Gasteiger partial charge is 0.338 e. The van der Waals surface area contributed by atoms with Crippen molar-refractivity contribution in [3.8, 4) is 10.6 Å². The number of carbonyl (C=O) groups is 1. The number of fused-ring (bicyclic) bond motifs is 1. The van der Waals surface area contributed by atoms with Crippen LogP contribution in [0.15, 0.2) is 52.6 Å². The number of aromatic nitrogens is 3. The Morgan fingerprint density at radius 3 is 2.73 bits per heavy atom. The van der Waals surface area contributed by atoms with Crippen molar-refractivity contribution < 1.29 is 4.79 Å². The maximum absolute atomic E-state index is 12.7. The number of rotatable bonds is 5. The Morgan fingerprint density at radius 2 is 1.93 bits per heavy atom. The van der Waals surface area contributed by atoms with Crippen molar-refractivity contribution in [1.29, 1.82) is 0 Å². The van der Waals surface area contributed by atoms with Gasteiger partial charge in [0.2, 0.25) is 5.91 Å². The zero-order chi connectivity index (χ0) is 21.3. The maximum Gasteiger partial charge on any atom is 0.258 e. The quantitative estimate of drug-likeness (QED) is 0.534. The van der Waals surface area contributed by atoms with E-state index in [2.05, 4.69) is 47.0 Å². The lowest BCUT2D eigenvalue weighted by atomic mass is 10.1. The van der Waals surface area contributed by atoms with Crippen LogP contribution in [-0.4, -0.2) is 32.8 Å². The lowest BCUT2D eigenvalue weighted by Crippen LogP contribution is -2.29. The SMILES string of the molecule is Cc1ccc(-c2nc(CC(=O)N(C)Cc3nc4ccccc4c(=O)[nH]3)cs2)c(C)c1. The number of nitrogens with zero attached hydrogens (tertiary/aromatic N) is 3. The number of likely N-dealkylation sites (N-methyl/N-ethyl adjacent to an activating group) is 1. The molecule has 1 amide bonds. The average molecular weight is 419 g/mol. The molecule has 1 N–H and O–H groups in total. The van der Waals surface area contributed by atoms with Gasteiger partial charge in [0.1, 0.15) is 10.8 Å². The number of aromatic amines is 1. The Balaban J connectivity index is 1.47. The summed E-state index contributed by atoms with van der Waals surface area (Å²) in [5, 5.41) is 3.38. The molecule has 0 atom stereocenters. The van der Waals surface area contributed by atoms with Crippen LogP contribution in [0.25, 0.3) is 21.5 Å². The van der Waals surface area contributed by atoms with Gasteiger partial charge < -0.3 is 9.88 Å². The van der Waals surface area contributed by atoms with Crippen molar-refractivity contribution in [3.63, 3.8) is 0 Å². The minimum absolute atomic E-state index is 0.0803. The molecular weight excluding hydrogens is 396 g/mol. The number of amides is 1. The van der Waals surface area contributed by atoms with Crippen molar-refractivity contribution in [2.45, 2.75) is 26.8 Å². The molecule has 0 radical (unpaired) electrons. The van der Waals surface area contributed by atoms with Gasteiger partial charge in [0.15, 0.2) is 0 Å². The lowest BCUT2D eigenvalue weighted by molar-refractivity contribution is -0.129. The minimum Gasteiger partial charge on any atom is -0.338 e. The summed E-state index contributed by atoms with van der Waals surface area (Å²) in [5.41, 5.74) is 4.64. The molecular formula is C23H22N4O2S. The van der Waals surface area contributed by atoms with E-state index in [4.69, 9.17) is 0 Å². The van der Waals surface area contributed by atoms with Gasteiger partial charge in [0, 0.05) is 18.0 Å². The second-order valence-corrected chi connectivity index (χ2v) is 8.28. The third-order valence-corrected chi connectivity index (χ3v) is 5.90. The molecule has 0 fully saturated rings. The predicted molar refractivity (Wildman–Crippen MR) is 120 cm³/mol. The van der Waals surface area contributed by atoms with Crippen LogP contribution in [0.2, 0.25) is 0 Å². The monoisotopic (exact) mass is 418 g/mol.